The van der Waals surface area contributed by atoms with E-state index in [1.807, 2.05) is 28.9 Å². The summed E-state index contributed by atoms with van der Waals surface area (Å²) in [6.07, 6.45) is 5.78. The van der Waals surface area contributed by atoms with Crippen LogP contribution in [0.25, 0.3) is 5.52 Å². The van der Waals surface area contributed by atoms with Crippen LogP contribution in [0.5, 0.6) is 0 Å². The Hall–Kier alpha value is -1.06. The van der Waals surface area contributed by atoms with Crippen molar-refractivity contribution in [2.75, 3.05) is 0 Å². The van der Waals surface area contributed by atoms with Gasteiger partial charge in [-0.25, -0.2) is 4.98 Å². The fourth-order valence-electron chi connectivity index (χ4n) is 1.70. The van der Waals surface area contributed by atoms with Gasteiger partial charge in [-0.05, 0) is 25.0 Å². The molecule has 0 saturated heterocycles. The van der Waals surface area contributed by atoms with E-state index in [4.69, 9.17) is 17.3 Å². The molecule has 0 aliphatic heterocycles. The summed E-state index contributed by atoms with van der Waals surface area (Å²) in [5, 5.41) is 0.728. The van der Waals surface area contributed by atoms with Gasteiger partial charge in [0.25, 0.3) is 0 Å². The molecule has 3 rings (SSSR count). The number of rotatable bonds is 1. The Balaban J connectivity index is 2.27. The largest absolute Gasteiger partial charge is 0.319 e. The molecule has 3 nitrogen and oxygen atoms in total. The fourth-order valence-corrected chi connectivity index (χ4v) is 1.87. The lowest BCUT2D eigenvalue weighted by Crippen LogP contribution is -2.22. The van der Waals surface area contributed by atoms with Crippen molar-refractivity contribution in [1.82, 2.24) is 9.38 Å². The Labute approximate surface area is 86.5 Å². The molecule has 2 N–H and O–H groups in total. The minimum Gasteiger partial charge on any atom is -0.319 e. The Morgan fingerprint density at radius 1 is 1.50 bits per heavy atom. The monoisotopic (exact) mass is 207 g/mol. The van der Waals surface area contributed by atoms with Crippen LogP contribution >= 0.6 is 11.6 Å². The molecule has 1 fully saturated rings. The van der Waals surface area contributed by atoms with Crippen LogP contribution < -0.4 is 5.73 Å². The molecule has 1 saturated carbocycles. The summed E-state index contributed by atoms with van der Waals surface area (Å²) in [5.41, 5.74) is 6.91. The summed E-state index contributed by atoms with van der Waals surface area (Å²) in [7, 11) is 0. The highest BCUT2D eigenvalue weighted by molar-refractivity contribution is 6.30. The topological polar surface area (TPSA) is 43.3 Å². The summed E-state index contributed by atoms with van der Waals surface area (Å²) in [5.74, 6) is 0.948. The molecule has 0 aromatic carbocycles. The summed E-state index contributed by atoms with van der Waals surface area (Å²) >= 11 is 5.89. The molecular formula is C10H10ClN3. The van der Waals surface area contributed by atoms with Gasteiger partial charge in [0.15, 0.2) is 0 Å². The molecule has 0 spiro atoms. The second-order valence-corrected chi connectivity index (χ2v) is 4.31. The van der Waals surface area contributed by atoms with Crippen molar-refractivity contribution in [1.29, 1.82) is 0 Å². The minimum atomic E-state index is -0.194. The predicted molar refractivity (Wildman–Crippen MR) is 55.3 cm³/mol. The molecule has 2 aromatic rings. The molecular weight excluding hydrogens is 198 g/mol. The first kappa shape index (κ1) is 8.26. The van der Waals surface area contributed by atoms with Gasteiger partial charge in [-0.3, -0.25) is 0 Å². The third-order valence-corrected chi connectivity index (χ3v) is 2.96. The molecule has 4 heteroatoms. The average Bonchev–Trinajstić information content (AvgIpc) is 2.77. The zero-order chi connectivity index (χ0) is 9.76. The number of hydrogen-bond acceptors (Lipinski definition) is 2. The van der Waals surface area contributed by atoms with Crippen LogP contribution in [0.2, 0.25) is 5.02 Å². The zero-order valence-corrected chi connectivity index (χ0v) is 8.33. The maximum atomic E-state index is 6.10. The molecule has 0 amide bonds. The lowest BCUT2D eigenvalue weighted by molar-refractivity contribution is 0.669. The van der Waals surface area contributed by atoms with Crippen molar-refractivity contribution >= 4 is 17.1 Å². The SMILES string of the molecule is NC1(c2ncc3cc(Cl)ccn23)CC1. The van der Waals surface area contributed by atoms with Crippen molar-refractivity contribution in [2.45, 2.75) is 18.4 Å². The van der Waals surface area contributed by atoms with Crippen molar-refractivity contribution in [2.24, 2.45) is 5.73 Å². The molecule has 2 aromatic heterocycles. The first-order chi connectivity index (χ1) is 6.69. The van der Waals surface area contributed by atoms with E-state index >= 15 is 0 Å². The molecule has 0 unspecified atom stereocenters. The van der Waals surface area contributed by atoms with Gasteiger partial charge in [-0.1, -0.05) is 11.6 Å². The van der Waals surface area contributed by atoms with E-state index in [0.29, 0.717) is 0 Å². The fraction of sp³-hybridized carbons (Fsp3) is 0.300. The van der Waals surface area contributed by atoms with Crippen LogP contribution in [0.1, 0.15) is 18.7 Å². The van der Waals surface area contributed by atoms with Crippen LogP contribution in [0.3, 0.4) is 0 Å². The molecule has 0 atom stereocenters. The zero-order valence-electron chi connectivity index (χ0n) is 7.57. The van der Waals surface area contributed by atoms with E-state index in [1.165, 1.54) is 0 Å². The van der Waals surface area contributed by atoms with Crippen molar-refractivity contribution in [3.8, 4) is 0 Å². The second-order valence-electron chi connectivity index (χ2n) is 3.88. The molecule has 72 valence electrons. The highest BCUT2D eigenvalue weighted by atomic mass is 35.5. The van der Waals surface area contributed by atoms with Gasteiger partial charge >= 0.3 is 0 Å². The van der Waals surface area contributed by atoms with E-state index in [-0.39, 0.29) is 5.54 Å². The number of halogens is 1. The Morgan fingerprint density at radius 2 is 2.29 bits per heavy atom. The maximum Gasteiger partial charge on any atom is 0.133 e. The van der Waals surface area contributed by atoms with Gasteiger partial charge < -0.3 is 10.1 Å². The summed E-state index contributed by atoms with van der Waals surface area (Å²) in [4.78, 5) is 4.35. The number of pyridine rings is 1. The standard InChI is InChI=1S/C10H10ClN3/c11-7-1-4-14-8(5-7)6-13-9(14)10(12)2-3-10/h1,4-6H,2-3,12H2. The second kappa shape index (κ2) is 2.49. The van der Waals surface area contributed by atoms with Crippen molar-refractivity contribution in [3.05, 3.63) is 35.4 Å². The van der Waals surface area contributed by atoms with Crippen molar-refractivity contribution < 1.29 is 0 Å². The molecule has 1 aliphatic carbocycles. The highest BCUT2D eigenvalue weighted by Gasteiger charge is 2.43. The summed E-state index contributed by atoms with van der Waals surface area (Å²) < 4.78 is 2.01. The van der Waals surface area contributed by atoms with Gasteiger partial charge in [0, 0.05) is 11.2 Å². The van der Waals surface area contributed by atoms with E-state index in [9.17, 15) is 0 Å². The molecule has 14 heavy (non-hydrogen) atoms. The van der Waals surface area contributed by atoms with Crippen LogP contribution in [-0.2, 0) is 5.54 Å². The van der Waals surface area contributed by atoms with Crippen LogP contribution in [-0.4, -0.2) is 9.38 Å². The number of nitrogens with two attached hydrogens (primary N) is 1. The normalized spacial score (nSPS) is 18.7. The quantitative estimate of drug-likeness (QED) is 0.777. The van der Waals surface area contributed by atoms with Gasteiger partial charge in [0.1, 0.15) is 5.82 Å². The van der Waals surface area contributed by atoms with Gasteiger partial charge in [-0.15, -0.1) is 0 Å². The molecule has 0 radical (unpaired) electrons. The Kier molecular flexibility index (Phi) is 1.47. The Morgan fingerprint density at radius 3 is 3.00 bits per heavy atom. The van der Waals surface area contributed by atoms with Gasteiger partial charge in [0.2, 0.25) is 0 Å². The summed E-state index contributed by atoms with van der Waals surface area (Å²) in [6.45, 7) is 0. The van der Waals surface area contributed by atoms with Crippen LogP contribution in [0.15, 0.2) is 24.5 Å². The molecule has 1 aliphatic rings. The maximum absolute atomic E-state index is 6.10. The van der Waals surface area contributed by atoms with E-state index in [2.05, 4.69) is 4.98 Å². The summed E-state index contributed by atoms with van der Waals surface area (Å²) in [6, 6.07) is 3.75. The van der Waals surface area contributed by atoms with E-state index < -0.39 is 0 Å². The van der Waals surface area contributed by atoms with Crippen LogP contribution in [0.4, 0.5) is 0 Å². The number of hydrogen-bond donors (Lipinski definition) is 1. The van der Waals surface area contributed by atoms with Gasteiger partial charge in [-0.2, -0.15) is 0 Å². The van der Waals surface area contributed by atoms with Crippen molar-refractivity contribution in [3.63, 3.8) is 0 Å². The number of nitrogens with zero attached hydrogens (tertiary/aromatic N) is 2. The van der Waals surface area contributed by atoms with E-state index in [0.717, 1.165) is 29.2 Å². The minimum absolute atomic E-state index is 0.194. The third-order valence-electron chi connectivity index (χ3n) is 2.73. The predicted octanol–water partition coefficient (Wildman–Crippen LogP) is 1.94. The third kappa shape index (κ3) is 1.06. The first-order valence-corrected chi connectivity index (χ1v) is 4.99. The number of fused-ring (bicyclic) bond motifs is 1. The molecule has 0 bridgehead atoms. The van der Waals surface area contributed by atoms with Gasteiger partial charge in [0.05, 0.1) is 17.3 Å². The number of imidazole rings is 1. The average molecular weight is 208 g/mol. The number of aromatic nitrogens is 2. The first-order valence-electron chi connectivity index (χ1n) is 4.61. The lowest BCUT2D eigenvalue weighted by Gasteiger charge is -2.06. The van der Waals surface area contributed by atoms with E-state index in [1.54, 1.807) is 0 Å². The smallest absolute Gasteiger partial charge is 0.133 e. The lowest BCUT2D eigenvalue weighted by atomic mass is 10.3. The highest BCUT2D eigenvalue weighted by Crippen LogP contribution is 2.41. The Bertz CT molecular complexity index is 499. The van der Waals surface area contributed by atoms with Crippen LogP contribution in [0, 0.1) is 0 Å². The molecule has 2 heterocycles.